The van der Waals surface area contributed by atoms with Gasteiger partial charge in [-0.25, -0.2) is 0 Å². The summed E-state index contributed by atoms with van der Waals surface area (Å²) in [5, 5.41) is 0. The van der Waals surface area contributed by atoms with E-state index in [0.717, 1.165) is 11.1 Å². The van der Waals surface area contributed by atoms with Crippen LogP contribution in [0.3, 0.4) is 0 Å². The van der Waals surface area contributed by atoms with Crippen LogP contribution in [0.1, 0.15) is 24.0 Å². The van der Waals surface area contributed by atoms with Crippen LogP contribution >= 0.6 is 0 Å². The largest absolute Gasteiger partial charge is 0.274 e. The van der Waals surface area contributed by atoms with E-state index in [0.29, 0.717) is 0 Å². The first kappa shape index (κ1) is 13.8. The van der Waals surface area contributed by atoms with Crippen molar-refractivity contribution in [2.75, 3.05) is 0 Å². The van der Waals surface area contributed by atoms with E-state index in [9.17, 15) is 9.59 Å². The summed E-state index contributed by atoms with van der Waals surface area (Å²) >= 11 is 0. The van der Waals surface area contributed by atoms with E-state index in [-0.39, 0.29) is 11.8 Å². The molecular weight excluding hydrogens is 252 g/mol. The number of carbonyl (C=O) groups excluding carboxylic acids is 2. The highest BCUT2D eigenvalue weighted by atomic mass is 16.2. The number of rotatable bonds is 3. The monoisotopic (exact) mass is 268 g/mol. The van der Waals surface area contributed by atoms with Crippen LogP contribution in [-0.4, -0.2) is 11.8 Å². The average molecular weight is 268 g/mol. The Labute approximate surface area is 117 Å². The summed E-state index contributed by atoms with van der Waals surface area (Å²) in [4.78, 5) is 23.2. The molecule has 2 rings (SSSR count). The van der Waals surface area contributed by atoms with Crippen LogP contribution in [0.5, 0.6) is 0 Å². The van der Waals surface area contributed by atoms with E-state index < -0.39 is 5.92 Å². The van der Waals surface area contributed by atoms with Gasteiger partial charge in [0, 0.05) is 6.92 Å². The second-order valence-corrected chi connectivity index (χ2v) is 4.42. The minimum Gasteiger partial charge on any atom is -0.274 e. The molecule has 0 aliphatic rings. The van der Waals surface area contributed by atoms with Gasteiger partial charge in [-0.2, -0.15) is 0 Å². The number of amides is 2. The number of hydrogen-bond donors (Lipinski definition) is 2. The molecule has 2 aromatic carbocycles. The highest BCUT2D eigenvalue weighted by molar-refractivity contribution is 5.88. The highest BCUT2D eigenvalue weighted by Gasteiger charge is 2.22. The van der Waals surface area contributed by atoms with Crippen molar-refractivity contribution in [3.05, 3.63) is 71.8 Å². The molecular formula is C16H16N2O2. The fourth-order valence-electron chi connectivity index (χ4n) is 2.01. The molecule has 0 spiro atoms. The van der Waals surface area contributed by atoms with Crippen molar-refractivity contribution in [3.63, 3.8) is 0 Å². The summed E-state index contributed by atoms with van der Waals surface area (Å²) < 4.78 is 0. The standard InChI is InChI=1S/C16H16N2O2/c1-12(19)17-18-16(20)15(13-8-4-2-5-9-13)14-10-6-3-7-11-14/h2-11,15H,1H3,(H,17,19)(H,18,20). The molecule has 0 atom stereocenters. The van der Waals surface area contributed by atoms with E-state index in [1.165, 1.54) is 6.92 Å². The second-order valence-electron chi connectivity index (χ2n) is 4.42. The molecule has 0 bridgehead atoms. The summed E-state index contributed by atoms with van der Waals surface area (Å²) in [6.45, 7) is 1.35. The van der Waals surface area contributed by atoms with Gasteiger partial charge in [-0.1, -0.05) is 60.7 Å². The van der Waals surface area contributed by atoms with Crippen molar-refractivity contribution >= 4 is 11.8 Å². The molecule has 0 aliphatic carbocycles. The minimum absolute atomic E-state index is 0.266. The summed E-state index contributed by atoms with van der Waals surface area (Å²) in [5.74, 6) is -1.03. The number of benzene rings is 2. The van der Waals surface area contributed by atoms with Crippen LogP contribution in [0, 0.1) is 0 Å². The molecule has 0 radical (unpaired) electrons. The van der Waals surface area contributed by atoms with Crippen molar-refractivity contribution in [2.24, 2.45) is 0 Å². The van der Waals surface area contributed by atoms with Gasteiger partial charge in [-0.05, 0) is 11.1 Å². The molecule has 4 nitrogen and oxygen atoms in total. The first-order chi connectivity index (χ1) is 9.68. The smallest absolute Gasteiger partial charge is 0.250 e. The van der Waals surface area contributed by atoms with E-state index >= 15 is 0 Å². The third-order valence-corrected chi connectivity index (χ3v) is 2.89. The van der Waals surface area contributed by atoms with Crippen LogP contribution < -0.4 is 10.9 Å². The lowest BCUT2D eigenvalue weighted by Crippen LogP contribution is -2.43. The van der Waals surface area contributed by atoms with Gasteiger partial charge >= 0.3 is 0 Å². The molecule has 0 unspecified atom stereocenters. The molecule has 20 heavy (non-hydrogen) atoms. The van der Waals surface area contributed by atoms with Crippen LogP contribution in [0.25, 0.3) is 0 Å². The fraction of sp³-hybridized carbons (Fsp3) is 0.125. The van der Waals surface area contributed by atoms with Gasteiger partial charge in [0.05, 0.1) is 5.92 Å². The Bertz CT molecular complexity index is 542. The molecule has 0 fully saturated rings. The molecule has 4 heteroatoms. The van der Waals surface area contributed by atoms with Gasteiger partial charge in [0.2, 0.25) is 11.8 Å². The maximum Gasteiger partial charge on any atom is 0.250 e. The SMILES string of the molecule is CC(=O)NNC(=O)C(c1ccccc1)c1ccccc1. The lowest BCUT2D eigenvalue weighted by atomic mass is 9.91. The van der Waals surface area contributed by atoms with Crippen molar-refractivity contribution in [2.45, 2.75) is 12.8 Å². The van der Waals surface area contributed by atoms with Crippen molar-refractivity contribution < 1.29 is 9.59 Å². The van der Waals surface area contributed by atoms with E-state index in [1.54, 1.807) is 0 Å². The van der Waals surface area contributed by atoms with Gasteiger partial charge in [0.25, 0.3) is 0 Å². The molecule has 0 aliphatic heterocycles. The van der Waals surface area contributed by atoms with Crippen molar-refractivity contribution in [1.82, 2.24) is 10.9 Å². The Hall–Kier alpha value is -2.62. The molecule has 0 heterocycles. The topological polar surface area (TPSA) is 58.2 Å². The number of hydrazine groups is 1. The van der Waals surface area contributed by atoms with Gasteiger partial charge in [-0.3, -0.25) is 20.4 Å². The zero-order valence-electron chi connectivity index (χ0n) is 11.2. The fourth-order valence-corrected chi connectivity index (χ4v) is 2.01. The summed E-state index contributed by atoms with van der Waals surface area (Å²) in [7, 11) is 0. The van der Waals surface area contributed by atoms with E-state index in [4.69, 9.17) is 0 Å². The Balaban J connectivity index is 2.30. The van der Waals surface area contributed by atoms with Gasteiger partial charge in [0.1, 0.15) is 0 Å². The minimum atomic E-state index is -0.454. The Morgan fingerprint density at radius 3 is 1.65 bits per heavy atom. The normalized spacial score (nSPS) is 10.1. The zero-order chi connectivity index (χ0) is 14.4. The van der Waals surface area contributed by atoms with Crippen molar-refractivity contribution in [1.29, 1.82) is 0 Å². The Morgan fingerprint density at radius 1 is 0.800 bits per heavy atom. The molecule has 2 aromatic rings. The molecule has 0 saturated heterocycles. The average Bonchev–Trinajstić information content (AvgIpc) is 2.48. The first-order valence-corrected chi connectivity index (χ1v) is 6.35. The number of carbonyl (C=O) groups is 2. The Kier molecular flexibility index (Phi) is 4.50. The predicted octanol–water partition coefficient (Wildman–Crippen LogP) is 1.99. The molecule has 2 N–H and O–H groups in total. The molecule has 0 saturated carbocycles. The van der Waals surface area contributed by atoms with Crippen LogP contribution in [0.4, 0.5) is 0 Å². The van der Waals surface area contributed by atoms with Crippen molar-refractivity contribution in [3.8, 4) is 0 Å². The third-order valence-electron chi connectivity index (χ3n) is 2.89. The number of hydrogen-bond acceptors (Lipinski definition) is 2. The molecule has 2 amide bonds. The first-order valence-electron chi connectivity index (χ1n) is 6.35. The van der Waals surface area contributed by atoms with E-state index in [2.05, 4.69) is 10.9 Å². The Morgan fingerprint density at radius 2 is 1.25 bits per heavy atom. The summed E-state index contributed by atoms with van der Waals surface area (Å²) in [6.07, 6.45) is 0. The lowest BCUT2D eigenvalue weighted by Gasteiger charge is -2.17. The maximum absolute atomic E-state index is 12.3. The zero-order valence-corrected chi connectivity index (χ0v) is 11.2. The third kappa shape index (κ3) is 3.45. The maximum atomic E-state index is 12.3. The van der Waals surface area contributed by atoms with Gasteiger partial charge in [0.15, 0.2) is 0 Å². The van der Waals surface area contributed by atoms with Crippen LogP contribution in [-0.2, 0) is 9.59 Å². The molecule has 0 aromatic heterocycles. The summed E-state index contributed by atoms with van der Waals surface area (Å²) in [5.41, 5.74) is 6.52. The number of nitrogens with one attached hydrogen (secondary N) is 2. The van der Waals surface area contributed by atoms with Crippen LogP contribution in [0.15, 0.2) is 60.7 Å². The van der Waals surface area contributed by atoms with Crippen LogP contribution in [0.2, 0.25) is 0 Å². The second kappa shape index (κ2) is 6.52. The quantitative estimate of drug-likeness (QED) is 0.836. The lowest BCUT2D eigenvalue weighted by molar-refractivity contribution is -0.128. The predicted molar refractivity (Wildman–Crippen MR) is 76.7 cm³/mol. The molecule has 102 valence electrons. The highest BCUT2D eigenvalue weighted by Crippen LogP contribution is 2.24. The van der Waals surface area contributed by atoms with Gasteiger partial charge in [-0.15, -0.1) is 0 Å². The van der Waals surface area contributed by atoms with E-state index in [1.807, 2.05) is 60.7 Å². The van der Waals surface area contributed by atoms with Gasteiger partial charge < -0.3 is 0 Å². The summed E-state index contributed by atoms with van der Waals surface area (Å²) in [6, 6.07) is 18.9.